The molecule has 5 nitrogen and oxygen atoms in total. The van der Waals surface area contributed by atoms with Crippen molar-refractivity contribution in [2.45, 2.75) is 39.5 Å². The van der Waals surface area contributed by atoms with Crippen molar-refractivity contribution in [3.63, 3.8) is 0 Å². The molecule has 1 aliphatic carbocycles. The highest BCUT2D eigenvalue weighted by atomic mass is 35.5. The van der Waals surface area contributed by atoms with Crippen LogP contribution in [0, 0.1) is 6.92 Å². The Balaban J connectivity index is 1.74. The predicted octanol–water partition coefficient (Wildman–Crippen LogP) is 4.83. The van der Waals surface area contributed by atoms with E-state index in [-0.39, 0.29) is 0 Å². The van der Waals surface area contributed by atoms with E-state index in [1.54, 1.807) is 24.3 Å². The van der Waals surface area contributed by atoms with Gasteiger partial charge in [0.25, 0.3) is 0 Å². The van der Waals surface area contributed by atoms with Gasteiger partial charge in [0, 0.05) is 27.7 Å². The number of hydrogen-bond acceptors (Lipinski definition) is 3. The van der Waals surface area contributed by atoms with E-state index in [4.69, 9.17) is 16.4 Å². The molecule has 0 saturated heterocycles. The van der Waals surface area contributed by atoms with Gasteiger partial charge in [-0.1, -0.05) is 23.7 Å². The Morgan fingerprint density at radius 2 is 2.08 bits per heavy atom. The molecular formula is C18H20ClN3O2. The van der Waals surface area contributed by atoms with Crippen LogP contribution in [0.1, 0.15) is 42.3 Å². The minimum absolute atomic E-state index is 0.609. The number of oxime groups is 1. The van der Waals surface area contributed by atoms with Crippen molar-refractivity contribution in [2.24, 2.45) is 5.16 Å². The summed E-state index contributed by atoms with van der Waals surface area (Å²) in [7, 11) is 0. The fourth-order valence-electron chi connectivity index (χ4n) is 3.13. The molecule has 0 atom stereocenters. The normalized spacial score (nSPS) is 15.2. The molecule has 1 aliphatic rings. The summed E-state index contributed by atoms with van der Waals surface area (Å²) in [6, 6.07) is 6.82. The number of aromatic amines is 1. The molecule has 1 aromatic heterocycles. The van der Waals surface area contributed by atoms with E-state index in [0.717, 1.165) is 37.0 Å². The number of nitrogens with one attached hydrogen (secondary N) is 2. The average molecular weight is 346 g/mol. The van der Waals surface area contributed by atoms with Crippen LogP contribution in [0.25, 0.3) is 0 Å². The van der Waals surface area contributed by atoms with Crippen LogP contribution < -0.4 is 5.32 Å². The highest BCUT2D eigenvalue weighted by Crippen LogP contribution is 2.28. The number of carbonyl (C=O) groups is 1. The molecule has 126 valence electrons. The summed E-state index contributed by atoms with van der Waals surface area (Å²) in [4.78, 5) is 20.4. The monoisotopic (exact) mass is 345 g/mol. The van der Waals surface area contributed by atoms with E-state index in [2.05, 4.69) is 29.3 Å². The summed E-state index contributed by atoms with van der Waals surface area (Å²) in [6.07, 6.45) is 3.13. The van der Waals surface area contributed by atoms with E-state index in [0.29, 0.717) is 10.7 Å². The van der Waals surface area contributed by atoms with Crippen molar-refractivity contribution >= 4 is 29.1 Å². The molecule has 0 fully saturated rings. The van der Waals surface area contributed by atoms with Gasteiger partial charge in [-0.05, 0) is 62.4 Å². The molecule has 0 radical (unpaired) electrons. The zero-order valence-electron chi connectivity index (χ0n) is 13.8. The van der Waals surface area contributed by atoms with E-state index in [1.807, 2.05) is 0 Å². The van der Waals surface area contributed by atoms with Crippen LogP contribution >= 0.6 is 11.6 Å². The maximum Gasteiger partial charge on any atom is 0.437 e. The van der Waals surface area contributed by atoms with Crippen molar-refractivity contribution < 1.29 is 9.63 Å². The van der Waals surface area contributed by atoms with Gasteiger partial charge >= 0.3 is 6.09 Å². The van der Waals surface area contributed by atoms with Gasteiger partial charge in [0.15, 0.2) is 0 Å². The number of aryl methyl sites for hydroxylation is 2. The van der Waals surface area contributed by atoms with Gasteiger partial charge in [-0.15, -0.1) is 0 Å². The SMILES string of the molecule is CCc1c(C)[nH]c2c1/C(=N/OC(=O)Nc1ccc(Cl)cc1)CCC2. The highest BCUT2D eigenvalue weighted by molar-refractivity contribution is 6.30. The number of H-pyrrole nitrogens is 1. The molecular weight excluding hydrogens is 326 g/mol. The summed E-state index contributed by atoms with van der Waals surface area (Å²) in [5.41, 5.74) is 6.19. The van der Waals surface area contributed by atoms with Crippen LogP contribution in [0.4, 0.5) is 10.5 Å². The maximum absolute atomic E-state index is 11.9. The topological polar surface area (TPSA) is 66.5 Å². The van der Waals surface area contributed by atoms with E-state index >= 15 is 0 Å². The fraction of sp³-hybridized carbons (Fsp3) is 0.333. The largest absolute Gasteiger partial charge is 0.437 e. The van der Waals surface area contributed by atoms with Gasteiger partial charge in [-0.2, -0.15) is 0 Å². The molecule has 0 unspecified atom stereocenters. The number of anilines is 1. The van der Waals surface area contributed by atoms with E-state index in [1.165, 1.54) is 17.0 Å². The lowest BCUT2D eigenvalue weighted by atomic mass is 9.92. The second-order valence-corrected chi connectivity index (χ2v) is 6.27. The number of halogens is 1. The molecule has 3 rings (SSSR count). The molecule has 2 aromatic rings. The van der Waals surface area contributed by atoms with E-state index < -0.39 is 6.09 Å². The summed E-state index contributed by atoms with van der Waals surface area (Å²) in [5, 5.41) is 7.36. The lowest BCUT2D eigenvalue weighted by Gasteiger charge is -2.15. The number of hydrogen-bond donors (Lipinski definition) is 2. The quantitative estimate of drug-likeness (QED) is 0.618. The second kappa shape index (κ2) is 7.09. The second-order valence-electron chi connectivity index (χ2n) is 5.84. The van der Waals surface area contributed by atoms with Crippen LogP contribution in [0.3, 0.4) is 0 Å². The number of aromatic nitrogens is 1. The molecule has 2 N–H and O–H groups in total. The highest BCUT2D eigenvalue weighted by Gasteiger charge is 2.23. The Bertz CT molecular complexity index is 778. The number of benzene rings is 1. The number of fused-ring (bicyclic) bond motifs is 1. The maximum atomic E-state index is 11.9. The van der Waals surface area contributed by atoms with Gasteiger partial charge in [0.05, 0.1) is 5.71 Å². The van der Waals surface area contributed by atoms with Gasteiger partial charge < -0.3 is 4.98 Å². The predicted molar refractivity (Wildman–Crippen MR) is 95.9 cm³/mol. The third-order valence-electron chi connectivity index (χ3n) is 4.21. The van der Waals surface area contributed by atoms with Crippen LogP contribution in [0.15, 0.2) is 29.4 Å². The van der Waals surface area contributed by atoms with Crippen molar-refractivity contribution in [1.82, 2.24) is 4.98 Å². The van der Waals surface area contributed by atoms with Crippen molar-refractivity contribution in [1.29, 1.82) is 0 Å². The molecule has 0 aliphatic heterocycles. The van der Waals surface area contributed by atoms with E-state index in [9.17, 15) is 4.79 Å². The standard InChI is InChI=1S/C18H20ClN3O2/c1-3-14-11(2)20-15-5-4-6-16(17(14)15)22-24-18(23)21-13-9-7-12(19)8-10-13/h7-10,20H,3-6H2,1-2H3,(H,21,23)/b22-16+. The Morgan fingerprint density at radius 1 is 1.33 bits per heavy atom. The summed E-state index contributed by atoms with van der Waals surface area (Å²) >= 11 is 5.82. The van der Waals surface area contributed by atoms with Gasteiger partial charge in [0.1, 0.15) is 0 Å². The van der Waals surface area contributed by atoms with Crippen LogP contribution in [0.5, 0.6) is 0 Å². The molecule has 0 bridgehead atoms. The lowest BCUT2D eigenvalue weighted by molar-refractivity contribution is 0.166. The zero-order chi connectivity index (χ0) is 17.1. The minimum Gasteiger partial charge on any atom is -0.362 e. The Labute approximate surface area is 146 Å². The van der Waals surface area contributed by atoms with Gasteiger partial charge in [-0.3, -0.25) is 10.2 Å². The first-order valence-corrected chi connectivity index (χ1v) is 8.47. The number of carbonyl (C=O) groups excluding carboxylic acids is 1. The summed E-state index contributed by atoms with van der Waals surface area (Å²) in [6.45, 7) is 4.19. The third kappa shape index (κ3) is 3.46. The number of nitrogens with zero attached hydrogens (tertiary/aromatic N) is 1. The van der Waals surface area contributed by atoms with Crippen LogP contribution in [-0.4, -0.2) is 16.8 Å². The molecule has 0 spiro atoms. The summed E-state index contributed by atoms with van der Waals surface area (Å²) < 4.78 is 0. The minimum atomic E-state index is -0.609. The van der Waals surface area contributed by atoms with Crippen LogP contribution in [0.2, 0.25) is 5.02 Å². The van der Waals surface area contributed by atoms with Gasteiger partial charge in [-0.25, -0.2) is 4.79 Å². The molecule has 24 heavy (non-hydrogen) atoms. The average Bonchev–Trinajstić information content (AvgIpc) is 2.90. The van der Waals surface area contributed by atoms with Gasteiger partial charge in [0.2, 0.25) is 0 Å². The Morgan fingerprint density at radius 3 is 2.79 bits per heavy atom. The smallest absolute Gasteiger partial charge is 0.362 e. The van der Waals surface area contributed by atoms with Crippen LogP contribution in [-0.2, 0) is 17.7 Å². The van der Waals surface area contributed by atoms with Crippen molar-refractivity contribution in [2.75, 3.05) is 5.32 Å². The molecule has 1 heterocycles. The Kier molecular flexibility index (Phi) is 4.90. The third-order valence-corrected chi connectivity index (χ3v) is 4.46. The first kappa shape index (κ1) is 16.6. The molecule has 1 aromatic carbocycles. The first-order valence-electron chi connectivity index (χ1n) is 8.09. The van der Waals surface area contributed by atoms with Crippen molar-refractivity contribution in [3.05, 3.63) is 51.8 Å². The first-order chi connectivity index (χ1) is 11.6. The lowest BCUT2D eigenvalue weighted by Crippen LogP contribution is -2.16. The Hall–Kier alpha value is -2.27. The fourth-order valence-corrected chi connectivity index (χ4v) is 3.26. The van der Waals surface area contributed by atoms with Crippen molar-refractivity contribution in [3.8, 4) is 0 Å². The molecule has 6 heteroatoms. The number of rotatable bonds is 3. The summed E-state index contributed by atoms with van der Waals surface area (Å²) in [5.74, 6) is 0. The molecule has 1 amide bonds. The molecule has 0 saturated carbocycles. The number of amides is 1. The zero-order valence-corrected chi connectivity index (χ0v) is 14.5.